The fourth-order valence-electron chi connectivity index (χ4n) is 1.64. The van der Waals surface area contributed by atoms with Crippen LogP contribution in [-0.4, -0.2) is 0 Å². The van der Waals surface area contributed by atoms with E-state index >= 15 is 0 Å². The zero-order chi connectivity index (χ0) is 13.3. The Morgan fingerprint density at radius 1 is 0.895 bits per heavy atom. The first-order chi connectivity index (χ1) is 8.38. The Morgan fingerprint density at radius 2 is 1.53 bits per heavy atom. The molecule has 0 aliphatic rings. The lowest BCUT2D eigenvalue weighted by Crippen LogP contribution is -2.08. The standard InChI is InChI=1S/C13H9F4N.ClH/c14-12-5-4-9(7-11(12)13(15,16)17)8-2-1-3-10(18)6-8;/h1-7H,18H2;1H. The van der Waals surface area contributed by atoms with Gasteiger partial charge >= 0.3 is 6.18 Å². The maximum absolute atomic E-state index is 13.1. The summed E-state index contributed by atoms with van der Waals surface area (Å²) in [6.45, 7) is 0. The van der Waals surface area contributed by atoms with Crippen LogP contribution in [0.4, 0.5) is 23.2 Å². The van der Waals surface area contributed by atoms with Gasteiger partial charge in [-0.2, -0.15) is 13.2 Å². The summed E-state index contributed by atoms with van der Waals surface area (Å²) in [7, 11) is 0. The van der Waals surface area contributed by atoms with E-state index < -0.39 is 17.6 Å². The summed E-state index contributed by atoms with van der Waals surface area (Å²) in [5, 5.41) is 0. The maximum Gasteiger partial charge on any atom is 0.419 e. The van der Waals surface area contributed by atoms with Crippen molar-refractivity contribution >= 4 is 18.1 Å². The second kappa shape index (κ2) is 5.48. The average Bonchev–Trinajstić information content (AvgIpc) is 2.28. The first-order valence-electron chi connectivity index (χ1n) is 5.10. The molecule has 0 aliphatic heterocycles. The normalized spacial score (nSPS) is 10.9. The van der Waals surface area contributed by atoms with Gasteiger partial charge in [-0.3, -0.25) is 0 Å². The van der Waals surface area contributed by atoms with Crippen molar-refractivity contribution in [3.8, 4) is 11.1 Å². The molecule has 0 saturated heterocycles. The van der Waals surface area contributed by atoms with Crippen molar-refractivity contribution in [1.29, 1.82) is 0 Å². The van der Waals surface area contributed by atoms with Crippen molar-refractivity contribution in [3.05, 3.63) is 53.8 Å². The zero-order valence-electron chi connectivity index (χ0n) is 9.54. The molecule has 2 aromatic carbocycles. The number of halogens is 5. The van der Waals surface area contributed by atoms with Gasteiger partial charge in [0.2, 0.25) is 0 Å². The molecule has 2 N–H and O–H groups in total. The first-order valence-corrected chi connectivity index (χ1v) is 5.10. The van der Waals surface area contributed by atoms with Gasteiger partial charge in [-0.1, -0.05) is 18.2 Å². The number of rotatable bonds is 1. The molecule has 0 spiro atoms. The molecular weight excluding hydrogens is 282 g/mol. The van der Waals surface area contributed by atoms with Crippen molar-refractivity contribution in [2.24, 2.45) is 0 Å². The Kier molecular flexibility index (Phi) is 4.42. The monoisotopic (exact) mass is 291 g/mol. The zero-order valence-corrected chi connectivity index (χ0v) is 10.4. The van der Waals surface area contributed by atoms with E-state index in [1.165, 1.54) is 12.1 Å². The van der Waals surface area contributed by atoms with Crippen LogP contribution >= 0.6 is 12.4 Å². The molecule has 0 fully saturated rings. The highest BCUT2D eigenvalue weighted by atomic mass is 35.5. The van der Waals surface area contributed by atoms with E-state index in [1.54, 1.807) is 18.2 Å². The lowest BCUT2D eigenvalue weighted by molar-refractivity contribution is -0.139. The van der Waals surface area contributed by atoms with Crippen molar-refractivity contribution < 1.29 is 17.6 Å². The summed E-state index contributed by atoms with van der Waals surface area (Å²) in [6.07, 6.45) is -4.71. The number of nitrogens with two attached hydrogens (primary N) is 1. The Hall–Kier alpha value is -1.75. The fourth-order valence-corrected chi connectivity index (χ4v) is 1.64. The second-order valence-corrected chi connectivity index (χ2v) is 3.82. The minimum Gasteiger partial charge on any atom is -0.399 e. The Balaban J connectivity index is 0.00000180. The third kappa shape index (κ3) is 3.38. The molecule has 0 radical (unpaired) electrons. The quantitative estimate of drug-likeness (QED) is 0.607. The number of benzene rings is 2. The maximum atomic E-state index is 13.1. The van der Waals surface area contributed by atoms with E-state index in [1.807, 2.05) is 0 Å². The molecule has 2 rings (SSSR count). The lowest BCUT2D eigenvalue weighted by Gasteiger charge is -2.10. The predicted octanol–water partition coefficient (Wildman–Crippen LogP) is 4.52. The van der Waals surface area contributed by atoms with Crippen molar-refractivity contribution in [3.63, 3.8) is 0 Å². The first kappa shape index (κ1) is 15.3. The molecule has 0 aromatic heterocycles. The largest absolute Gasteiger partial charge is 0.419 e. The predicted molar refractivity (Wildman–Crippen MR) is 68.5 cm³/mol. The minimum atomic E-state index is -4.71. The van der Waals surface area contributed by atoms with Gasteiger partial charge in [0.25, 0.3) is 0 Å². The van der Waals surface area contributed by atoms with Gasteiger partial charge in [0.05, 0.1) is 5.56 Å². The van der Waals surface area contributed by atoms with Gasteiger partial charge in [-0.05, 0) is 35.4 Å². The molecule has 0 amide bonds. The smallest absolute Gasteiger partial charge is 0.399 e. The third-order valence-electron chi connectivity index (χ3n) is 2.49. The minimum absolute atomic E-state index is 0. The number of hydrogen-bond acceptors (Lipinski definition) is 1. The summed E-state index contributed by atoms with van der Waals surface area (Å²) >= 11 is 0. The SMILES string of the molecule is Cl.Nc1cccc(-c2ccc(F)c(C(F)(F)F)c2)c1. The number of hydrogen-bond donors (Lipinski definition) is 1. The van der Waals surface area contributed by atoms with Crippen LogP contribution < -0.4 is 5.73 Å². The van der Waals surface area contributed by atoms with Gasteiger partial charge in [0, 0.05) is 5.69 Å². The van der Waals surface area contributed by atoms with Crippen LogP contribution in [0.25, 0.3) is 11.1 Å². The molecule has 0 heterocycles. The number of anilines is 1. The van der Waals surface area contributed by atoms with E-state index in [2.05, 4.69) is 0 Å². The molecule has 19 heavy (non-hydrogen) atoms. The highest BCUT2D eigenvalue weighted by molar-refractivity contribution is 5.85. The average molecular weight is 292 g/mol. The Bertz CT molecular complexity index is 581. The Morgan fingerprint density at radius 3 is 2.11 bits per heavy atom. The molecule has 2 aromatic rings. The van der Waals surface area contributed by atoms with Crippen molar-refractivity contribution in [2.75, 3.05) is 5.73 Å². The van der Waals surface area contributed by atoms with Crippen molar-refractivity contribution in [2.45, 2.75) is 6.18 Å². The summed E-state index contributed by atoms with van der Waals surface area (Å²) in [6, 6.07) is 9.28. The van der Waals surface area contributed by atoms with Crippen LogP contribution in [0.2, 0.25) is 0 Å². The van der Waals surface area contributed by atoms with E-state index in [4.69, 9.17) is 5.73 Å². The van der Waals surface area contributed by atoms with E-state index in [0.29, 0.717) is 11.3 Å². The van der Waals surface area contributed by atoms with Crippen LogP contribution in [0.5, 0.6) is 0 Å². The van der Waals surface area contributed by atoms with Gasteiger partial charge in [-0.15, -0.1) is 12.4 Å². The van der Waals surface area contributed by atoms with Gasteiger partial charge < -0.3 is 5.73 Å². The summed E-state index contributed by atoms with van der Waals surface area (Å²) in [4.78, 5) is 0. The van der Waals surface area contributed by atoms with E-state index in [-0.39, 0.29) is 18.0 Å². The highest BCUT2D eigenvalue weighted by Crippen LogP contribution is 2.34. The van der Waals surface area contributed by atoms with Gasteiger partial charge in [-0.25, -0.2) is 4.39 Å². The second-order valence-electron chi connectivity index (χ2n) is 3.82. The summed E-state index contributed by atoms with van der Waals surface area (Å²) in [5.74, 6) is -1.28. The molecule has 0 unspecified atom stereocenters. The molecule has 0 atom stereocenters. The lowest BCUT2D eigenvalue weighted by atomic mass is 10.0. The van der Waals surface area contributed by atoms with Crippen molar-refractivity contribution in [1.82, 2.24) is 0 Å². The Labute approximate surface area is 113 Å². The van der Waals surface area contributed by atoms with Gasteiger partial charge in [0.15, 0.2) is 0 Å². The van der Waals surface area contributed by atoms with E-state index in [9.17, 15) is 17.6 Å². The van der Waals surface area contributed by atoms with Gasteiger partial charge in [0.1, 0.15) is 5.82 Å². The molecule has 0 bridgehead atoms. The van der Waals surface area contributed by atoms with E-state index in [0.717, 1.165) is 12.1 Å². The molecule has 0 aliphatic carbocycles. The number of nitrogen functional groups attached to an aromatic ring is 1. The highest BCUT2D eigenvalue weighted by Gasteiger charge is 2.34. The summed E-state index contributed by atoms with van der Waals surface area (Å²) in [5.41, 5.74) is 5.50. The summed E-state index contributed by atoms with van der Waals surface area (Å²) < 4.78 is 50.8. The van der Waals surface area contributed by atoms with Crippen LogP contribution in [0, 0.1) is 5.82 Å². The molecule has 1 nitrogen and oxygen atoms in total. The van der Waals surface area contributed by atoms with Crippen LogP contribution in [0.1, 0.15) is 5.56 Å². The molecule has 102 valence electrons. The molecular formula is C13H10ClF4N. The van der Waals surface area contributed by atoms with Crippen LogP contribution in [0.15, 0.2) is 42.5 Å². The van der Waals surface area contributed by atoms with Crippen LogP contribution in [0.3, 0.4) is 0 Å². The number of alkyl halides is 3. The topological polar surface area (TPSA) is 26.0 Å². The fraction of sp³-hybridized carbons (Fsp3) is 0.0769. The van der Waals surface area contributed by atoms with Crippen LogP contribution in [-0.2, 0) is 6.18 Å². The molecule has 6 heteroatoms. The third-order valence-corrected chi connectivity index (χ3v) is 2.49. The molecule has 0 saturated carbocycles.